The first-order valence-electron chi connectivity index (χ1n) is 6.39. The Bertz CT molecular complexity index is 643. The highest BCUT2D eigenvalue weighted by Gasteiger charge is 2.16. The van der Waals surface area contributed by atoms with E-state index in [-0.39, 0.29) is 5.69 Å². The van der Waals surface area contributed by atoms with Gasteiger partial charge in [-0.05, 0) is 18.2 Å². The van der Waals surface area contributed by atoms with Crippen molar-refractivity contribution in [3.05, 3.63) is 53.9 Å². The van der Waals surface area contributed by atoms with Gasteiger partial charge < -0.3 is 14.7 Å². The lowest BCUT2D eigenvalue weighted by Crippen LogP contribution is -2.25. The summed E-state index contributed by atoms with van der Waals surface area (Å²) in [5, 5.41) is 9.02. The molecule has 1 aromatic carbocycles. The normalized spacial score (nSPS) is 14.1. The number of para-hydroxylation sites is 1. The molecule has 0 aliphatic carbocycles. The Hall–Kier alpha value is -2.56. The molecule has 0 saturated heterocycles. The number of hydrogen-bond acceptors (Lipinski definition) is 4. The van der Waals surface area contributed by atoms with E-state index in [9.17, 15) is 4.79 Å². The molecule has 0 radical (unpaired) electrons. The Morgan fingerprint density at radius 2 is 2.15 bits per heavy atom. The van der Waals surface area contributed by atoms with Crippen LogP contribution in [0.15, 0.2) is 42.6 Å². The first-order valence-corrected chi connectivity index (χ1v) is 6.39. The molecule has 0 fully saturated rings. The quantitative estimate of drug-likeness (QED) is 0.906. The monoisotopic (exact) mass is 270 g/mol. The maximum Gasteiger partial charge on any atom is 0.354 e. The van der Waals surface area contributed by atoms with Crippen LogP contribution in [-0.2, 0) is 6.54 Å². The number of aromatic nitrogens is 1. The number of carbonyl (C=O) groups is 1. The third-order valence-corrected chi connectivity index (χ3v) is 3.28. The van der Waals surface area contributed by atoms with Gasteiger partial charge in [0.1, 0.15) is 18.1 Å². The summed E-state index contributed by atoms with van der Waals surface area (Å²) in [7, 11) is 0. The number of ether oxygens (including phenoxy) is 1. The maximum absolute atomic E-state index is 11.0. The fourth-order valence-corrected chi connectivity index (χ4v) is 2.28. The van der Waals surface area contributed by atoms with E-state index in [0.717, 1.165) is 17.0 Å². The Labute approximate surface area is 116 Å². The third kappa shape index (κ3) is 2.42. The van der Waals surface area contributed by atoms with Crippen molar-refractivity contribution in [2.75, 3.05) is 18.1 Å². The minimum absolute atomic E-state index is 0.0564. The summed E-state index contributed by atoms with van der Waals surface area (Å²) in [5.74, 6) is -0.124. The van der Waals surface area contributed by atoms with Crippen molar-refractivity contribution < 1.29 is 14.6 Å². The lowest BCUT2D eigenvalue weighted by atomic mass is 10.2. The molecular weight excluding hydrogens is 256 g/mol. The van der Waals surface area contributed by atoms with Crippen LogP contribution in [0.3, 0.4) is 0 Å². The smallest absolute Gasteiger partial charge is 0.354 e. The van der Waals surface area contributed by atoms with Gasteiger partial charge in [-0.25, -0.2) is 9.78 Å². The number of benzene rings is 1. The van der Waals surface area contributed by atoms with E-state index in [1.54, 1.807) is 6.07 Å². The molecule has 1 aromatic heterocycles. The molecule has 0 amide bonds. The first kappa shape index (κ1) is 12.5. The van der Waals surface area contributed by atoms with E-state index in [1.807, 2.05) is 30.3 Å². The van der Waals surface area contributed by atoms with Crippen molar-refractivity contribution in [1.29, 1.82) is 0 Å². The molecule has 0 bridgehead atoms. The van der Waals surface area contributed by atoms with Crippen LogP contribution in [0.1, 0.15) is 16.1 Å². The molecule has 20 heavy (non-hydrogen) atoms. The van der Waals surface area contributed by atoms with Crippen LogP contribution in [-0.4, -0.2) is 29.2 Å². The van der Waals surface area contributed by atoms with Crippen molar-refractivity contribution in [3.63, 3.8) is 0 Å². The largest absolute Gasteiger partial charge is 0.491 e. The van der Waals surface area contributed by atoms with E-state index in [0.29, 0.717) is 19.7 Å². The standard InChI is InChI=1S/C15H14N2O3/c18-15(19)13-9-12(5-6-16-13)17-7-8-20-14-4-2-1-3-11(14)10-17/h1-6,9H,7-8,10H2,(H,18,19). The molecule has 0 spiro atoms. The van der Waals surface area contributed by atoms with Crippen molar-refractivity contribution >= 4 is 11.7 Å². The second-order valence-electron chi connectivity index (χ2n) is 4.58. The molecule has 0 saturated carbocycles. The molecule has 5 heteroatoms. The third-order valence-electron chi connectivity index (χ3n) is 3.28. The molecule has 2 heterocycles. The van der Waals surface area contributed by atoms with Gasteiger partial charge in [0.15, 0.2) is 0 Å². The molecule has 1 aliphatic heterocycles. The van der Waals surface area contributed by atoms with Crippen molar-refractivity contribution in [3.8, 4) is 5.75 Å². The lowest BCUT2D eigenvalue weighted by Gasteiger charge is -2.22. The van der Waals surface area contributed by atoms with Gasteiger partial charge in [-0.2, -0.15) is 0 Å². The van der Waals surface area contributed by atoms with Crippen molar-refractivity contribution in [2.24, 2.45) is 0 Å². The Morgan fingerprint density at radius 3 is 3.00 bits per heavy atom. The molecule has 3 rings (SSSR count). The molecule has 102 valence electrons. The first-order chi connectivity index (χ1) is 9.74. The van der Waals surface area contributed by atoms with Crippen LogP contribution in [0.2, 0.25) is 0 Å². The van der Waals surface area contributed by atoms with Gasteiger partial charge in [-0.1, -0.05) is 18.2 Å². The lowest BCUT2D eigenvalue weighted by molar-refractivity contribution is 0.0690. The highest BCUT2D eigenvalue weighted by molar-refractivity contribution is 5.86. The topological polar surface area (TPSA) is 62.7 Å². The van der Waals surface area contributed by atoms with E-state index in [1.165, 1.54) is 6.20 Å². The number of fused-ring (bicyclic) bond motifs is 1. The van der Waals surface area contributed by atoms with Crippen LogP contribution in [0.25, 0.3) is 0 Å². The van der Waals surface area contributed by atoms with Gasteiger partial charge in [-0.15, -0.1) is 0 Å². The summed E-state index contributed by atoms with van der Waals surface area (Å²) < 4.78 is 5.70. The second-order valence-corrected chi connectivity index (χ2v) is 4.58. The number of carboxylic acid groups (broad SMARTS) is 1. The Balaban J connectivity index is 1.91. The number of carboxylic acids is 1. The highest BCUT2D eigenvalue weighted by Crippen LogP contribution is 2.26. The number of aromatic carboxylic acids is 1. The van der Waals surface area contributed by atoms with Crippen molar-refractivity contribution in [1.82, 2.24) is 4.98 Å². The maximum atomic E-state index is 11.0. The minimum atomic E-state index is -1.02. The number of pyridine rings is 1. The summed E-state index contributed by atoms with van der Waals surface area (Å²) in [4.78, 5) is 16.9. The van der Waals surface area contributed by atoms with Gasteiger partial charge in [0.2, 0.25) is 0 Å². The summed E-state index contributed by atoms with van der Waals surface area (Å²) in [6.07, 6.45) is 1.52. The van der Waals surface area contributed by atoms with E-state index >= 15 is 0 Å². The average molecular weight is 270 g/mol. The zero-order valence-corrected chi connectivity index (χ0v) is 10.8. The molecule has 1 aliphatic rings. The summed E-state index contributed by atoms with van der Waals surface area (Å²) >= 11 is 0. The molecule has 5 nitrogen and oxygen atoms in total. The van der Waals surface area contributed by atoms with Gasteiger partial charge in [0.25, 0.3) is 0 Å². The van der Waals surface area contributed by atoms with E-state index < -0.39 is 5.97 Å². The van der Waals surface area contributed by atoms with Crippen LogP contribution >= 0.6 is 0 Å². The number of anilines is 1. The summed E-state index contributed by atoms with van der Waals surface area (Å²) in [6.45, 7) is 1.97. The zero-order chi connectivity index (χ0) is 13.9. The summed E-state index contributed by atoms with van der Waals surface area (Å²) in [5.41, 5.74) is 2.00. The number of nitrogens with zero attached hydrogens (tertiary/aromatic N) is 2. The zero-order valence-electron chi connectivity index (χ0n) is 10.8. The predicted octanol–water partition coefficient (Wildman–Crippen LogP) is 2.18. The molecule has 0 unspecified atom stereocenters. The van der Waals surface area contributed by atoms with E-state index in [4.69, 9.17) is 9.84 Å². The number of rotatable bonds is 2. The molecule has 2 aromatic rings. The number of hydrogen-bond donors (Lipinski definition) is 1. The van der Waals surface area contributed by atoms with Gasteiger partial charge in [-0.3, -0.25) is 0 Å². The fourth-order valence-electron chi connectivity index (χ4n) is 2.28. The SMILES string of the molecule is O=C(O)c1cc(N2CCOc3ccccc3C2)ccn1. The summed E-state index contributed by atoms with van der Waals surface area (Å²) in [6, 6.07) is 11.3. The van der Waals surface area contributed by atoms with Gasteiger partial charge >= 0.3 is 5.97 Å². The van der Waals surface area contributed by atoms with Crippen LogP contribution in [0.5, 0.6) is 5.75 Å². The van der Waals surface area contributed by atoms with Gasteiger partial charge in [0.05, 0.1) is 6.54 Å². The Kier molecular flexibility index (Phi) is 3.25. The Morgan fingerprint density at radius 1 is 1.30 bits per heavy atom. The van der Waals surface area contributed by atoms with Crippen LogP contribution < -0.4 is 9.64 Å². The minimum Gasteiger partial charge on any atom is -0.491 e. The van der Waals surface area contributed by atoms with Gasteiger partial charge in [0, 0.05) is 24.0 Å². The second kappa shape index (κ2) is 5.21. The highest BCUT2D eigenvalue weighted by atomic mass is 16.5. The molecule has 1 N–H and O–H groups in total. The molecule has 0 atom stereocenters. The average Bonchev–Trinajstić information content (AvgIpc) is 2.69. The molecular formula is C15H14N2O3. The van der Waals surface area contributed by atoms with E-state index in [2.05, 4.69) is 9.88 Å². The predicted molar refractivity (Wildman–Crippen MR) is 74.2 cm³/mol. The fraction of sp³-hybridized carbons (Fsp3) is 0.200. The van der Waals surface area contributed by atoms with Crippen LogP contribution in [0, 0.1) is 0 Å². The van der Waals surface area contributed by atoms with Crippen LogP contribution in [0.4, 0.5) is 5.69 Å². The van der Waals surface area contributed by atoms with Crippen molar-refractivity contribution in [2.45, 2.75) is 6.54 Å².